The molecular formula is C23H32N4O2S. The summed E-state index contributed by atoms with van der Waals surface area (Å²) >= 11 is 1.70. The second-order valence-corrected chi connectivity index (χ2v) is 10.4. The Morgan fingerprint density at radius 1 is 1.20 bits per heavy atom. The Labute approximate surface area is 182 Å². The fourth-order valence-electron chi connectivity index (χ4n) is 6.11. The maximum atomic E-state index is 13.4. The Balaban J connectivity index is 1.34. The third-order valence-electron chi connectivity index (χ3n) is 7.40. The summed E-state index contributed by atoms with van der Waals surface area (Å²) in [5.41, 5.74) is 1.35. The number of amides is 2. The molecule has 30 heavy (non-hydrogen) atoms. The highest BCUT2D eigenvalue weighted by atomic mass is 32.1. The van der Waals surface area contributed by atoms with Crippen LogP contribution in [0.5, 0.6) is 0 Å². The molecule has 3 saturated heterocycles. The van der Waals surface area contributed by atoms with Crippen molar-refractivity contribution in [1.29, 1.82) is 0 Å². The standard InChI is InChI=1S/C23H32N4O2S/c28-21-8-4-7-19-17-11-18(14-26(13-17)15-20-24-9-10-30-20)22(27(19)21)23(29)25-12-16-5-2-1-3-6-16/h5,9-10,17-19,22H,1-4,6-8,11-15H2,(H,25,29)/t17-,18+,19+,22-/m1/s1. The van der Waals surface area contributed by atoms with E-state index in [2.05, 4.69) is 21.3 Å². The van der Waals surface area contributed by atoms with Crippen LogP contribution in [0.3, 0.4) is 0 Å². The van der Waals surface area contributed by atoms with Crippen LogP contribution in [0, 0.1) is 11.8 Å². The van der Waals surface area contributed by atoms with Crippen LogP contribution in [-0.2, 0) is 16.1 Å². The lowest BCUT2D eigenvalue weighted by atomic mass is 9.71. The van der Waals surface area contributed by atoms with Gasteiger partial charge in [0.25, 0.3) is 0 Å². The molecule has 1 aromatic rings. The van der Waals surface area contributed by atoms with Gasteiger partial charge in [0.2, 0.25) is 11.8 Å². The van der Waals surface area contributed by atoms with Crippen molar-refractivity contribution in [3.05, 3.63) is 28.2 Å². The van der Waals surface area contributed by atoms with E-state index in [9.17, 15) is 9.59 Å². The van der Waals surface area contributed by atoms with E-state index < -0.39 is 0 Å². The first-order valence-electron chi connectivity index (χ1n) is 11.6. The fourth-order valence-corrected chi connectivity index (χ4v) is 6.77. The molecule has 4 atom stereocenters. The number of rotatable bonds is 5. The summed E-state index contributed by atoms with van der Waals surface area (Å²) in [6.45, 7) is 3.37. The van der Waals surface area contributed by atoms with Crippen molar-refractivity contribution in [1.82, 2.24) is 20.1 Å². The van der Waals surface area contributed by atoms with Crippen LogP contribution < -0.4 is 5.32 Å². The van der Waals surface area contributed by atoms with E-state index in [0.717, 1.165) is 56.7 Å². The fraction of sp³-hybridized carbons (Fsp3) is 0.696. The molecule has 162 valence electrons. The van der Waals surface area contributed by atoms with E-state index >= 15 is 0 Å². The van der Waals surface area contributed by atoms with Crippen molar-refractivity contribution in [2.75, 3.05) is 19.6 Å². The van der Waals surface area contributed by atoms with Gasteiger partial charge in [-0.2, -0.15) is 0 Å². The van der Waals surface area contributed by atoms with Gasteiger partial charge in [-0.3, -0.25) is 14.5 Å². The molecule has 2 amide bonds. The summed E-state index contributed by atoms with van der Waals surface area (Å²) in [4.78, 5) is 35.3. The third-order valence-corrected chi connectivity index (χ3v) is 8.17. The quantitative estimate of drug-likeness (QED) is 0.733. The second-order valence-electron chi connectivity index (χ2n) is 9.41. The summed E-state index contributed by atoms with van der Waals surface area (Å²) in [5, 5.41) is 6.37. The maximum absolute atomic E-state index is 13.4. The van der Waals surface area contributed by atoms with Gasteiger partial charge in [0.1, 0.15) is 11.0 Å². The number of aromatic nitrogens is 1. The number of nitrogens with one attached hydrogen (secondary N) is 1. The SMILES string of the molecule is O=C(NCC1=CCCCC1)[C@H]1[C@H]2C[C@H](CN(Cc3nccs3)C2)[C@@H]2CCCC(=O)N21. The Bertz CT molecular complexity index is 808. The molecule has 2 bridgehead atoms. The molecule has 3 aliphatic heterocycles. The Morgan fingerprint density at radius 3 is 2.90 bits per heavy atom. The zero-order chi connectivity index (χ0) is 20.5. The Hall–Kier alpha value is -1.73. The first-order chi connectivity index (χ1) is 14.7. The highest BCUT2D eigenvalue weighted by molar-refractivity contribution is 7.09. The lowest BCUT2D eigenvalue weighted by Gasteiger charge is -2.55. The molecule has 0 radical (unpaired) electrons. The molecule has 4 aliphatic rings. The predicted molar refractivity (Wildman–Crippen MR) is 117 cm³/mol. The Morgan fingerprint density at radius 2 is 2.10 bits per heavy atom. The summed E-state index contributed by atoms with van der Waals surface area (Å²) in [7, 11) is 0. The van der Waals surface area contributed by atoms with Gasteiger partial charge in [-0.15, -0.1) is 11.3 Å². The molecule has 3 fully saturated rings. The topological polar surface area (TPSA) is 65.5 Å². The van der Waals surface area contributed by atoms with Crippen molar-refractivity contribution in [3.63, 3.8) is 0 Å². The largest absolute Gasteiger partial charge is 0.351 e. The zero-order valence-electron chi connectivity index (χ0n) is 17.6. The van der Waals surface area contributed by atoms with E-state index in [-0.39, 0.29) is 29.8 Å². The first kappa shape index (κ1) is 20.2. The van der Waals surface area contributed by atoms with E-state index in [1.165, 1.54) is 18.4 Å². The average Bonchev–Trinajstić information content (AvgIpc) is 3.27. The number of carbonyl (C=O) groups is 2. The molecule has 5 rings (SSSR count). The molecule has 7 heteroatoms. The van der Waals surface area contributed by atoms with Crippen molar-refractivity contribution >= 4 is 23.2 Å². The smallest absolute Gasteiger partial charge is 0.243 e. The predicted octanol–water partition coefficient (Wildman–Crippen LogP) is 2.96. The van der Waals surface area contributed by atoms with Gasteiger partial charge < -0.3 is 10.2 Å². The molecule has 1 aliphatic carbocycles. The van der Waals surface area contributed by atoms with Crippen molar-refractivity contribution < 1.29 is 9.59 Å². The minimum absolute atomic E-state index is 0.0567. The monoisotopic (exact) mass is 428 g/mol. The number of nitrogens with zero attached hydrogens (tertiary/aromatic N) is 3. The van der Waals surface area contributed by atoms with Crippen molar-refractivity contribution in [3.8, 4) is 0 Å². The number of thiazole rings is 1. The normalized spacial score (nSPS) is 31.8. The van der Waals surface area contributed by atoms with Crippen LogP contribution in [0.25, 0.3) is 0 Å². The first-order valence-corrected chi connectivity index (χ1v) is 12.4. The highest BCUT2D eigenvalue weighted by Gasteiger charge is 2.51. The van der Waals surface area contributed by atoms with Gasteiger partial charge >= 0.3 is 0 Å². The number of hydrogen-bond donors (Lipinski definition) is 1. The summed E-state index contributed by atoms with van der Waals surface area (Å²) in [6, 6.07) is -0.103. The van der Waals surface area contributed by atoms with Crippen LogP contribution in [0.4, 0.5) is 0 Å². The van der Waals surface area contributed by atoms with Crippen molar-refractivity contribution in [2.24, 2.45) is 11.8 Å². The molecule has 0 aromatic carbocycles. The maximum Gasteiger partial charge on any atom is 0.243 e. The highest BCUT2D eigenvalue weighted by Crippen LogP contribution is 2.42. The summed E-state index contributed by atoms with van der Waals surface area (Å²) in [6.07, 6.45) is 12.5. The minimum Gasteiger partial charge on any atom is -0.351 e. The van der Waals surface area contributed by atoms with Crippen LogP contribution >= 0.6 is 11.3 Å². The van der Waals surface area contributed by atoms with Gasteiger partial charge in [-0.1, -0.05) is 11.6 Å². The van der Waals surface area contributed by atoms with Crippen LogP contribution in [0.1, 0.15) is 56.4 Å². The molecule has 1 N–H and O–H groups in total. The lowest BCUT2D eigenvalue weighted by Crippen LogP contribution is -2.68. The van der Waals surface area contributed by atoms with E-state index in [1.54, 1.807) is 11.3 Å². The number of carbonyl (C=O) groups excluding carboxylic acids is 2. The van der Waals surface area contributed by atoms with Gasteiger partial charge in [0.05, 0.1) is 6.54 Å². The summed E-state index contributed by atoms with van der Waals surface area (Å²) < 4.78 is 0. The molecular weight excluding hydrogens is 396 g/mol. The van der Waals surface area contributed by atoms with E-state index in [0.29, 0.717) is 18.9 Å². The van der Waals surface area contributed by atoms with Crippen LogP contribution in [0.15, 0.2) is 23.2 Å². The second kappa shape index (κ2) is 8.79. The van der Waals surface area contributed by atoms with E-state index in [4.69, 9.17) is 0 Å². The van der Waals surface area contributed by atoms with Crippen LogP contribution in [0.2, 0.25) is 0 Å². The molecule has 1 aromatic heterocycles. The lowest BCUT2D eigenvalue weighted by molar-refractivity contribution is -0.160. The van der Waals surface area contributed by atoms with Crippen molar-refractivity contribution in [2.45, 2.75) is 70.0 Å². The average molecular weight is 429 g/mol. The number of hydrogen-bond acceptors (Lipinski definition) is 5. The molecule has 6 nitrogen and oxygen atoms in total. The van der Waals surface area contributed by atoms with Gasteiger partial charge in [0.15, 0.2) is 0 Å². The minimum atomic E-state index is -0.317. The van der Waals surface area contributed by atoms with Gasteiger partial charge in [0, 0.05) is 49.6 Å². The molecule has 0 saturated carbocycles. The van der Waals surface area contributed by atoms with Crippen LogP contribution in [-0.4, -0.2) is 58.3 Å². The molecule has 0 spiro atoms. The van der Waals surface area contributed by atoms with Gasteiger partial charge in [-0.05, 0) is 50.9 Å². The number of likely N-dealkylation sites (tertiary alicyclic amines) is 1. The zero-order valence-corrected chi connectivity index (χ0v) is 18.4. The summed E-state index contributed by atoms with van der Waals surface area (Å²) in [5.74, 6) is 0.924. The molecule has 0 unspecified atom stereocenters. The molecule has 4 heterocycles. The number of allylic oxidation sites excluding steroid dienone is 1. The van der Waals surface area contributed by atoms with E-state index in [1.807, 2.05) is 16.5 Å². The number of piperidine rings is 3. The van der Waals surface area contributed by atoms with Gasteiger partial charge in [-0.25, -0.2) is 4.98 Å². The third kappa shape index (κ3) is 4.06. The Kier molecular flexibility index (Phi) is 5.92. The number of fused-ring (bicyclic) bond motifs is 4.